The third-order valence-corrected chi connectivity index (χ3v) is 3.31. The molecule has 0 atom stereocenters. The lowest BCUT2D eigenvalue weighted by Gasteiger charge is -2.17. The smallest absolute Gasteiger partial charge is 0.246 e. The highest BCUT2D eigenvalue weighted by molar-refractivity contribution is 7.08. The summed E-state index contributed by atoms with van der Waals surface area (Å²) in [5, 5.41) is 15.9. The molecule has 2 heterocycles. The van der Waals surface area contributed by atoms with Crippen molar-refractivity contribution in [1.29, 1.82) is 0 Å². The molecule has 7 heteroatoms. The monoisotopic (exact) mass is 265 g/mol. The van der Waals surface area contributed by atoms with Crippen LogP contribution in [0.3, 0.4) is 0 Å². The second kappa shape index (κ2) is 5.72. The number of thiophene rings is 1. The van der Waals surface area contributed by atoms with Crippen molar-refractivity contribution in [3.05, 3.63) is 16.8 Å². The van der Waals surface area contributed by atoms with Crippen LogP contribution in [0.15, 0.2) is 16.8 Å². The van der Waals surface area contributed by atoms with Crippen LogP contribution in [0.25, 0.3) is 11.4 Å². The van der Waals surface area contributed by atoms with Gasteiger partial charge in [0, 0.05) is 24.0 Å². The van der Waals surface area contributed by atoms with Gasteiger partial charge in [-0.05, 0) is 30.5 Å². The largest absolute Gasteiger partial charge is 0.342 e. The third kappa shape index (κ3) is 2.73. The number of nitrogens with zero attached hydrogens (tertiary/aromatic N) is 5. The van der Waals surface area contributed by atoms with Gasteiger partial charge in [0.15, 0.2) is 0 Å². The normalized spacial score (nSPS) is 10.6. The Morgan fingerprint density at radius 2 is 2.22 bits per heavy atom. The van der Waals surface area contributed by atoms with Crippen LogP contribution in [0.5, 0.6) is 0 Å². The van der Waals surface area contributed by atoms with Gasteiger partial charge in [0.1, 0.15) is 6.54 Å². The first-order valence-corrected chi connectivity index (χ1v) is 6.77. The highest BCUT2D eigenvalue weighted by Gasteiger charge is 2.13. The molecule has 0 spiro atoms. The van der Waals surface area contributed by atoms with Crippen molar-refractivity contribution in [3.63, 3.8) is 0 Å². The number of rotatable bonds is 5. The molecule has 2 aromatic heterocycles. The van der Waals surface area contributed by atoms with E-state index in [-0.39, 0.29) is 12.5 Å². The summed E-state index contributed by atoms with van der Waals surface area (Å²) in [5.74, 6) is 0.567. The van der Waals surface area contributed by atoms with Gasteiger partial charge < -0.3 is 4.90 Å². The molecule has 6 nitrogen and oxygen atoms in total. The molecule has 0 bridgehead atoms. The quantitative estimate of drug-likeness (QED) is 0.816. The SMILES string of the molecule is CCN(CC)C(=O)Cn1nnc(-c2ccsc2)n1. The molecule has 0 saturated heterocycles. The Bertz CT molecular complexity index is 503. The first kappa shape index (κ1) is 12.7. The Morgan fingerprint density at radius 1 is 1.44 bits per heavy atom. The summed E-state index contributed by atoms with van der Waals surface area (Å²) >= 11 is 1.58. The highest BCUT2D eigenvalue weighted by atomic mass is 32.1. The molecule has 2 aromatic rings. The van der Waals surface area contributed by atoms with E-state index in [9.17, 15) is 4.79 Å². The van der Waals surface area contributed by atoms with Gasteiger partial charge >= 0.3 is 0 Å². The number of likely N-dealkylation sites (N-methyl/N-ethyl adjacent to an activating group) is 1. The van der Waals surface area contributed by atoms with Crippen molar-refractivity contribution in [3.8, 4) is 11.4 Å². The first-order chi connectivity index (χ1) is 8.74. The number of carbonyl (C=O) groups is 1. The van der Waals surface area contributed by atoms with Gasteiger partial charge in [-0.2, -0.15) is 16.1 Å². The number of aromatic nitrogens is 4. The molecule has 2 rings (SSSR count). The molecular weight excluding hydrogens is 250 g/mol. The van der Waals surface area contributed by atoms with Gasteiger partial charge in [0.2, 0.25) is 11.7 Å². The molecule has 1 amide bonds. The van der Waals surface area contributed by atoms with Gasteiger partial charge in [-0.15, -0.1) is 10.2 Å². The summed E-state index contributed by atoms with van der Waals surface area (Å²) in [7, 11) is 0. The second-order valence-corrected chi connectivity index (χ2v) is 4.50. The Balaban J connectivity index is 2.05. The third-order valence-electron chi connectivity index (χ3n) is 2.63. The molecule has 0 aromatic carbocycles. The second-order valence-electron chi connectivity index (χ2n) is 3.72. The van der Waals surface area contributed by atoms with E-state index >= 15 is 0 Å². The maximum absolute atomic E-state index is 11.9. The standard InChI is InChI=1S/C11H15N5OS/c1-3-15(4-2)10(17)7-16-13-11(12-14-16)9-5-6-18-8-9/h5-6,8H,3-4,7H2,1-2H3. The zero-order chi connectivity index (χ0) is 13.0. The predicted molar refractivity (Wildman–Crippen MR) is 69.1 cm³/mol. The lowest BCUT2D eigenvalue weighted by atomic mass is 10.3. The van der Waals surface area contributed by atoms with Crippen LogP contribution in [0, 0.1) is 0 Å². The number of amides is 1. The predicted octanol–water partition coefficient (Wildman–Crippen LogP) is 1.27. The Labute approximate surface area is 109 Å². The van der Waals surface area contributed by atoms with E-state index in [0.717, 1.165) is 5.56 Å². The van der Waals surface area contributed by atoms with E-state index in [2.05, 4.69) is 15.4 Å². The van der Waals surface area contributed by atoms with Gasteiger partial charge in [-0.25, -0.2) is 0 Å². The Kier molecular flexibility index (Phi) is 4.03. The molecular formula is C11H15N5OS. The van der Waals surface area contributed by atoms with Crippen molar-refractivity contribution in [1.82, 2.24) is 25.1 Å². The van der Waals surface area contributed by atoms with Gasteiger partial charge in [-0.1, -0.05) is 0 Å². The topological polar surface area (TPSA) is 63.9 Å². The highest BCUT2D eigenvalue weighted by Crippen LogP contribution is 2.16. The summed E-state index contributed by atoms with van der Waals surface area (Å²) in [5.41, 5.74) is 0.932. The van der Waals surface area contributed by atoms with Gasteiger partial charge in [0.05, 0.1) is 0 Å². The molecule has 0 radical (unpaired) electrons. The molecule has 0 aliphatic carbocycles. The fraction of sp³-hybridized carbons (Fsp3) is 0.455. The number of hydrogen-bond donors (Lipinski definition) is 0. The van der Waals surface area contributed by atoms with Crippen molar-refractivity contribution in [2.45, 2.75) is 20.4 Å². The van der Waals surface area contributed by atoms with E-state index in [4.69, 9.17) is 0 Å². The van der Waals surface area contributed by atoms with Crippen LogP contribution in [0.1, 0.15) is 13.8 Å². The average molecular weight is 265 g/mol. The van der Waals surface area contributed by atoms with Crippen LogP contribution in [-0.2, 0) is 11.3 Å². The van der Waals surface area contributed by atoms with E-state index in [1.165, 1.54) is 4.80 Å². The number of tetrazole rings is 1. The van der Waals surface area contributed by atoms with Gasteiger partial charge in [-0.3, -0.25) is 4.79 Å². The van der Waals surface area contributed by atoms with Crippen molar-refractivity contribution in [2.24, 2.45) is 0 Å². The molecule has 0 aliphatic rings. The van der Waals surface area contributed by atoms with Crippen LogP contribution in [-0.4, -0.2) is 44.1 Å². The number of hydrogen-bond acceptors (Lipinski definition) is 5. The van der Waals surface area contributed by atoms with Crippen molar-refractivity contribution in [2.75, 3.05) is 13.1 Å². The van der Waals surface area contributed by atoms with E-state index in [1.807, 2.05) is 30.7 Å². The van der Waals surface area contributed by atoms with Crippen LogP contribution in [0.4, 0.5) is 0 Å². The molecule has 18 heavy (non-hydrogen) atoms. The Morgan fingerprint density at radius 3 is 2.83 bits per heavy atom. The minimum absolute atomic E-state index is 0.00858. The van der Waals surface area contributed by atoms with Crippen molar-refractivity contribution < 1.29 is 4.79 Å². The summed E-state index contributed by atoms with van der Waals surface area (Å²) in [6, 6.07) is 1.93. The summed E-state index contributed by atoms with van der Waals surface area (Å²) < 4.78 is 0. The summed E-state index contributed by atoms with van der Waals surface area (Å²) in [6.45, 7) is 5.43. The maximum atomic E-state index is 11.9. The minimum Gasteiger partial charge on any atom is -0.342 e. The van der Waals surface area contributed by atoms with Crippen LogP contribution in [0.2, 0.25) is 0 Å². The summed E-state index contributed by atoms with van der Waals surface area (Å²) in [4.78, 5) is 15.0. The molecule has 96 valence electrons. The van der Waals surface area contributed by atoms with E-state index < -0.39 is 0 Å². The van der Waals surface area contributed by atoms with E-state index in [1.54, 1.807) is 16.2 Å². The van der Waals surface area contributed by atoms with Crippen molar-refractivity contribution >= 4 is 17.2 Å². The fourth-order valence-electron chi connectivity index (χ4n) is 1.61. The molecule has 0 unspecified atom stereocenters. The molecule has 0 aliphatic heterocycles. The number of carbonyl (C=O) groups excluding carboxylic acids is 1. The summed E-state index contributed by atoms with van der Waals surface area (Å²) in [6.07, 6.45) is 0. The van der Waals surface area contributed by atoms with Crippen LogP contribution < -0.4 is 0 Å². The fourth-order valence-corrected chi connectivity index (χ4v) is 2.25. The molecule has 0 fully saturated rings. The maximum Gasteiger partial charge on any atom is 0.246 e. The molecule has 0 saturated carbocycles. The minimum atomic E-state index is 0.00858. The first-order valence-electron chi connectivity index (χ1n) is 5.82. The average Bonchev–Trinajstić information content (AvgIpc) is 3.00. The van der Waals surface area contributed by atoms with E-state index in [0.29, 0.717) is 18.9 Å². The van der Waals surface area contributed by atoms with Crippen LogP contribution >= 0.6 is 11.3 Å². The molecule has 0 N–H and O–H groups in total. The lowest BCUT2D eigenvalue weighted by Crippen LogP contribution is -2.34. The zero-order valence-electron chi connectivity index (χ0n) is 10.4. The Hall–Kier alpha value is -1.76. The lowest BCUT2D eigenvalue weighted by molar-refractivity contribution is -0.131. The van der Waals surface area contributed by atoms with Gasteiger partial charge in [0.25, 0.3) is 0 Å². The zero-order valence-corrected chi connectivity index (χ0v) is 11.2.